The molecule has 0 aliphatic heterocycles. The summed E-state index contributed by atoms with van der Waals surface area (Å²) in [5.41, 5.74) is 3.47. The van der Waals surface area contributed by atoms with Crippen LogP contribution < -0.4 is 4.74 Å². The van der Waals surface area contributed by atoms with E-state index in [-0.39, 0.29) is 0 Å². The van der Waals surface area contributed by atoms with Gasteiger partial charge in [0.25, 0.3) is 0 Å². The normalized spacial score (nSPS) is 10.7. The Bertz CT molecular complexity index is 543. The van der Waals surface area contributed by atoms with Gasteiger partial charge in [-0.25, -0.2) is 4.98 Å². The molecular formula is C15H19NOS2. The summed E-state index contributed by atoms with van der Waals surface area (Å²) in [5.74, 6) is 1.77. The highest BCUT2D eigenvalue weighted by Gasteiger charge is 2.07. The first-order valence-corrected chi connectivity index (χ1v) is 7.81. The fourth-order valence-corrected chi connectivity index (χ4v) is 3.34. The van der Waals surface area contributed by atoms with Crippen LogP contribution in [0.5, 0.6) is 5.75 Å². The molecule has 1 heterocycles. The molecule has 0 aliphatic carbocycles. The highest BCUT2D eigenvalue weighted by atomic mass is 32.1. The minimum Gasteiger partial charge on any atom is -0.493 e. The molecule has 0 N–H and O–H groups in total. The average Bonchev–Trinajstić information content (AvgIpc) is 2.73. The first-order chi connectivity index (χ1) is 9.11. The molecule has 0 atom stereocenters. The van der Waals surface area contributed by atoms with Gasteiger partial charge in [-0.2, -0.15) is 12.6 Å². The van der Waals surface area contributed by atoms with Crippen molar-refractivity contribution in [2.24, 2.45) is 0 Å². The number of thiazole rings is 1. The molecule has 0 amide bonds. The maximum absolute atomic E-state index is 5.90. The van der Waals surface area contributed by atoms with Crippen LogP contribution in [0.3, 0.4) is 0 Å². The smallest absolute Gasteiger partial charge is 0.125 e. The summed E-state index contributed by atoms with van der Waals surface area (Å²) in [6.45, 7) is 6.87. The minimum atomic E-state index is 0.671. The summed E-state index contributed by atoms with van der Waals surface area (Å²) in [6.07, 6.45) is 0.854. The summed E-state index contributed by atoms with van der Waals surface area (Å²) in [6, 6.07) is 6.21. The Morgan fingerprint density at radius 1 is 1.21 bits per heavy atom. The molecule has 1 aromatic heterocycles. The van der Waals surface area contributed by atoms with E-state index in [1.807, 2.05) is 6.92 Å². The zero-order valence-electron chi connectivity index (χ0n) is 11.6. The third-order valence-corrected chi connectivity index (χ3v) is 4.80. The van der Waals surface area contributed by atoms with Gasteiger partial charge < -0.3 is 4.74 Å². The topological polar surface area (TPSA) is 22.1 Å². The van der Waals surface area contributed by atoms with Crippen molar-refractivity contribution in [1.82, 2.24) is 4.98 Å². The van der Waals surface area contributed by atoms with E-state index in [9.17, 15) is 0 Å². The molecule has 1 aromatic carbocycles. The largest absolute Gasteiger partial charge is 0.493 e. The van der Waals surface area contributed by atoms with E-state index in [4.69, 9.17) is 4.74 Å². The highest BCUT2D eigenvalue weighted by molar-refractivity contribution is 7.79. The first kappa shape index (κ1) is 14.4. The number of hydrogen-bond acceptors (Lipinski definition) is 4. The van der Waals surface area contributed by atoms with Crippen molar-refractivity contribution in [1.29, 1.82) is 0 Å². The zero-order valence-corrected chi connectivity index (χ0v) is 13.3. The molecule has 0 bridgehead atoms. The van der Waals surface area contributed by atoms with E-state index in [0.717, 1.165) is 28.6 Å². The number of nitrogens with zero attached hydrogens (tertiary/aromatic N) is 1. The van der Waals surface area contributed by atoms with Gasteiger partial charge in [-0.1, -0.05) is 18.2 Å². The van der Waals surface area contributed by atoms with Crippen molar-refractivity contribution in [3.05, 3.63) is 44.9 Å². The first-order valence-electron chi connectivity index (χ1n) is 6.37. The SMILES string of the molecule is Cc1cccc(C)c1OCCc1nc(C)c(CS)s1. The molecule has 2 nitrogen and oxygen atoms in total. The molecule has 0 saturated heterocycles. The molecule has 0 spiro atoms. The molecule has 0 saturated carbocycles. The van der Waals surface area contributed by atoms with Gasteiger partial charge in [0.2, 0.25) is 0 Å². The number of benzene rings is 1. The number of para-hydroxylation sites is 1. The van der Waals surface area contributed by atoms with Crippen LogP contribution in [-0.2, 0) is 12.2 Å². The molecule has 0 fully saturated rings. The van der Waals surface area contributed by atoms with Gasteiger partial charge in [-0.05, 0) is 31.9 Å². The summed E-state index contributed by atoms with van der Waals surface area (Å²) < 4.78 is 5.90. The molecule has 0 aliphatic rings. The lowest BCUT2D eigenvalue weighted by atomic mass is 10.1. The summed E-state index contributed by atoms with van der Waals surface area (Å²) in [7, 11) is 0. The number of aromatic nitrogens is 1. The molecule has 0 unspecified atom stereocenters. The molecule has 19 heavy (non-hydrogen) atoms. The third kappa shape index (κ3) is 3.51. The summed E-state index contributed by atoms with van der Waals surface area (Å²) in [4.78, 5) is 5.80. The number of aryl methyl sites for hydroxylation is 3. The Hall–Kier alpha value is -1.000. The number of ether oxygens (including phenoxy) is 1. The van der Waals surface area contributed by atoms with Gasteiger partial charge in [-0.15, -0.1) is 11.3 Å². The van der Waals surface area contributed by atoms with Gasteiger partial charge in [0.15, 0.2) is 0 Å². The van der Waals surface area contributed by atoms with Crippen LogP contribution in [0.1, 0.15) is 26.7 Å². The maximum atomic E-state index is 5.90. The molecule has 102 valence electrons. The lowest BCUT2D eigenvalue weighted by molar-refractivity contribution is 0.317. The number of rotatable bonds is 5. The third-order valence-electron chi connectivity index (χ3n) is 3.05. The van der Waals surface area contributed by atoms with Crippen molar-refractivity contribution in [3.63, 3.8) is 0 Å². The van der Waals surface area contributed by atoms with Crippen LogP contribution >= 0.6 is 24.0 Å². The second-order valence-electron chi connectivity index (χ2n) is 4.59. The standard InChI is InChI=1S/C15H19NOS2/c1-10-5-4-6-11(2)15(10)17-8-7-14-16-12(3)13(9-18)19-14/h4-6,18H,7-9H2,1-3H3. The van der Waals surface area contributed by atoms with Crippen LogP contribution in [0, 0.1) is 20.8 Å². The highest BCUT2D eigenvalue weighted by Crippen LogP contribution is 2.24. The van der Waals surface area contributed by atoms with Gasteiger partial charge in [0.1, 0.15) is 5.75 Å². The Morgan fingerprint density at radius 3 is 2.47 bits per heavy atom. The van der Waals surface area contributed by atoms with Crippen molar-refractivity contribution in [2.45, 2.75) is 32.9 Å². The lowest BCUT2D eigenvalue weighted by Crippen LogP contribution is -2.03. The monoisotopic (exact) mass is 293 g/mol. The molecule has 4 heteroatoms. The predicted octanol–water partition coefficient (Wildman–Crippen LogP) is 4.12. The van der Waals surface area contributed by atoms with Crippen molar-refractivity contribution in [3.8, 4) is 5.75 Å². The van der Waals surface area contributed by atoms with E-state index >= 15 is 0 Å². The molecule has 2 rings (SSSR count). The Balaban J connectivity index is 1.96. The van der Waals surface area contributed by atoms with E-state index in [0.29, 0.717) is 6.61 Å². The zero-order chi connectivity index (χ0) is 13.8. The van der Waals surface area contributed by atoms with Crippen molar-refractivity contribution < 1.29 is 4.74 Å². The van der Waals surface area contributed by atoms with Crippen LogP contribution in [0.4, 0.5) is 0 Å². The second-order valence-corrected chi connectivity index (χ2v) is 6.08. The van der Waals surface area contributed by atoms with Gasteiger partial charge in [0, 0.05) is 17.1 Å². The van der Waals surface area contributed by atoms with Crippen LogP contribution in [0.2, 0.25) is 0 Å². The van der Waals surface area contributed by atoms with E-state index in [1.165, 1.54) is 16.0 Å². The summed E-state index contributed by atoms with van der Waals surface area (Å²) in [5, 5.41) is 1.13. The van der Waals surface area contributed by atoms with Crippen molar-refractivity contribution >= 4 is 24.0 Å². The van der Waals surface area contributed by atoms with Gasteiger partial charge in [0.05, 0.1) is 17.3 Å². The van der Waals surface area contributed by atoms with Gasteiger partial charge >= 0.3 is 0 Å². The van der Waals surface area contributed by atoms with Crippen molar-refractivity contribution in [2.75, 3.05) is 6.61 Å². The average molecular weight is 293 g/mol. The fourth-order valence-electron chi connectivity index (χ4n) is 2.01. The van der Waals surface area contributed by atoms with E-state index in [1.54, 1.807) is 11.3 Å². The quantitative estimate of drug-likeness (QED) is 0.838. The predicted molar refractivity (Wildman–Crippen MR) is 84.7 cm³/mol. The fraction of sp³-hybridized carbons (Fsp3) is 0.400. The van der Waals surface area contributed by atoms with E-state index in [2.05, 4.69) is 49.7 Å². The van der Waals surface area contributed by atoms with Crippen LogP contribution in [0.25, 0.3) is 0 Å². The van der Waals surface area contributed by atoms with E-state index < -0.39 is 0 Å². The Kier molecular flexibility index (Phi) is 4.88. The molecule has 0 radical (unpaired) electrons. The van der Waals surface area contributed by atoms with Crippen LogP contribution in [-0.4, -0.2) is 11.6 Å². The number of hydrogen-bond donors (Lipinski definition) is 1. The molecular weight excluding hydrogens is 274 g/mol. The molecule has 2 aromatic rings. The Labute approximate surface area is 124 Å². The second kappa shape index (κ2) is 6.44. The Morgan fingerprint density at radius 2 is 1.89 bits per heavy atom. The number of thiol groups is 1. The van der Waals surface area contributed by atoms with Gasteiger partial charge in [-0.3, -0.25) is 0 Å². The van der Waals surface area contributed by atoms with Crippen LogP contribution in [0.15, 0.2) is 18.2 Å². The maximum Gasteiger partial charge on any atom is 0.125 e. The lowest BCUT2D eigenvalue weighted by Gasteiger charge is -2.10. The minimum absolute atomic E-state index is 0.671. The summed E-state index contributed by atoms with van der Waals surface area (Å²) >= 11 is 6.04.